The smallest absolute Gasteiger partial charge is 0.313 e. The predicted octanol–water partition coefficient (Wildman–Crippen LogP) is 3.31. The summed E-state index contributed by atoms with van der Waals surface area (Å²) in [4.78, 5) is 24.0. The summed E-state index contributed by atoms with van der Waals surface area (Å²) < 4.78 is 0. The van der Waals surface area contributed by atoms with Crippen LogP contribution in [0.15, 0.2) is 35.0 Å². The van der Waals surface area contributed by atoms with Crippen molar-refractivity contribution in [3.05, 3.63) is 51.2 Å². The quantitative estimate of drug-likeness (QED) is 0.819. The van der Waals surface area contributed by atoms with E-state index in [2.05, 4.69) is 10.6 Å². The van der Waals surface area contributed by atoms with Gasteiger partial charge in [-0.05, 0) is 40.6 Å². The Bertz CT molecular complexity index is 795. The molecule has 0 aliphatic rings. The number of hydrogen-bond acceptors (Lipinski definition) is 4. The zero-order valence-electron chi connectivity index (χ0n) is 13.2. The molecule has 2 rings (SSSR count). The second-order valence-electron chi connectivity index (χ2n) is 5.83. The average Bonchev–Trinajstić information content (AvgIpc) is 3.08. The first-order chi connectivity index (χ1) is 11.3. The normalized spacial score (nSPS) is 10.8. The number of carbonyl (C=O) groups is 2. The first kappa shape index (κ1) is 18.0. The van der Waals surface area contributed by atoms with Crippen LogP contribution in [-0.2, 0) is 15.0 Å². The van der Waals surface area contributed by atoms with Crippen molar-refractivity contribution in [2.45, 2.75) is 19.3 Å². The highest BCUT2D eigenvalue weighted by Crippen LogP contribution is 2.24. The van der Waals surface area contributed by atoms with Gasteiger partial charge in [-0.3, -0.25) is 9.59 Å². The maximum Gasteiger partial charge on any atom is 0.313 e. The first-order valence-corrected chi connectivity index (χ1v) is 8.47. The van der Waals surface area contributed by atoms with Gasteiger partial charge < -0.3 is 10.6 Å². The van der Waals surface area contributed by atoms with Gasteiger partial charge in [0.05, 0.1) is 11.3 Å². The fourth-order valence-electron chi connectivity index (χ4n) is 2.03. The summed E-state index contributed by atoms with van der Waals surface area (Å²) in [7, 11) is 0. The van der Waals surface area contributed by atoms with Crippen molar-refractivity contribution < 1.29 is 9.59 Å². The molecule has 0 bridgehead atoms. The second kappa shape index (κ2) is 7.47. The molecule has 24 heavy (non-hydrogen) atoms. The molecule has 124 valence electrons. The third-order valence-electron chi connectivity index (χ3n) is 3.55. The summed E-state index contributed by atoms with van der Waals surface area (Å²) in [5, 5.41) is 18.4. The van der Waals surface area contributed by atoms with Gasteiger partial charge >= 0.3 is 11.8 Å². The van der Waals surface area contributed by atoms with Crippen LogP contribution in [0.3, 0.4) is 0 Å². The molecule has 0 unspecified atom stereocenters. The monoisotopic (exact) mass is 361 g/mol. The van der Waals surface area contributed by atoms with Crippen molar-refractivity contribution in [3.63, 3.8) is 0 Å². The van der Waals surface area contributed by atoms with Crippen molar-refractivity contribution in [1.29, 1.82) is 5.26 Å². The molecule has 2 N–H and O–H groups in total. The second-order valence-corrected chi connectivity index (χ2v) is 7.05. The lowest BCUT2D eigenvalue weighted by Crippen LogP contribution is -2.42. The largest absolute Gasteiger partial charge is 0.347 e. The zero-order valence-corrected chi connectivity index (χ0v) is 14.8. The van der Waals surface area contributed by atoms with E-state index in [4.69, 9.17) is 16.9 Å². The topological polar surface area (TPSA) is 82.0 Å². The van der Waals surface area contributed by atoms with Crippen LogP contribution in [0.25, 0.3) is 0 Å². The Morgan fingerprint density at radius 2 is 2.04 bits per heavy atom. The van der Waals surface area contributed by atoms with Crippen LogP contribution in [0, 0.1) is 11.3 Å². The van der Waals surface area contributed by atoms with E-state index in [1.54, 1.807) is 17.4 Å². The summed E-state index contributed by atoms with van der Waals surface area (Å²) in [6.45, 7) is 4.28. The first-order valence-electron chi connectivity index (χ1n) is 7.15. The summed E-state index contributed by atoms with van der Waals surface area (Å²) >= 11 is 7.43. The Hall–Kier alpha value is -2.36. The molecule has 2 aromatic rings. The molecule has 1 aromatic heterocycles. The SMILES string of the molecule is CC(C)(CNC(=O)C(=O)Nc1cc(Cl)ccc1C#N)c1ccsc1. The molecule has 7 heteroatoms. The Labute approximate surface area is 149 Å². The van der Waals surface area contributed by atoms with Gasteiger partial charge in [0, 0.05) is 17.0 Å². The van der Waals surface area contributed by atoms with Crippen LogP contribution in [0.4, 0.5) is 5.69 Å². The Morgan fingerprint density at radius 1 is 1.29 bits per heavy atom. The van der Waals surface area contributed by atoms with Crippen LogP contribution < -0.4 is 10.6 Å². The Balaban J connectivity index is 2.00. The van der Waals surface area contributed by atoms with Gasteiger partial charge in [0.1, 0.15) is 6.07 Å². The minimum atomic E-state index is -0.838. The van der Waals surface area contributed by atoms with E-state index in [-0.39, 0.29) is 16.7 Å². The standard InChI is InChI=1S/C17H16ClN3O2S/c1-17(2,12-5-6-24-9-12)10-20-15(22)16(23)21-14-7-13(18)4-3-11(14)8-19/h3-7,9H,10H2,1-2H3,(H,20,22)(H,21,23). The van der Waals surface area contributed by atoms with Gasteiger partial charge in [0.15, 0.2) is 0 Å². The highest BCUT2D eigenvalue weighted by atomic mass is 35.5. The van der Waals surface area contributed by atoms with Crippen LogP contribution in [-0.4, -0.2) is 18.4 Å². The van der Waals surface area contributed by atoms with Crippen LogP contribution in [0.5, 0.6) is 0 Å². The maximum atomic E-state index is 12.0. The number of benzene rings is 1. The van der Waals surface area contributed by atoms with Gasteiger partial charge in [0.2, 0.25) is 0 Å². The van der Waals surface area contributed by atoms with Gasteiger partial charge in [0.25, 0.3) is 0 Å². The number of carbonyl (C=O) groups excluding carboxylic acids is 2. The van der Waals surface area contributed by atoms with Crippen molar-refractivity contribution >= 4 is 40.4 Å². The Morgan fingerprint density at radius 3 is 2.67 bits per heavy atom. The van der Waals surface area contributed by atoms with Crippen molar-refractivity contribution in [3.8, 4) is 6.07 Å². The third kappa shape index (κ3) is 4.34. The molecule has 0 fully saturated rings. The van der Waals surface area contributed by atoms with E-state index in [1.165, 1.54) is 12.1 Å². The lowest BCUT2D eigenvalue weighted by Gasteiger charge is -2.24. The fourth-order valence-corrected chi connectivity index (χ4v) is 3.05. The number of nitrogens with zero attached hydrogens (tertiary/aromatic N) is 1. The highest BCUT2D eigenvalue weighted by Gasteiger charge is 2.24. The number of hydrogen-bond donors (Lipinski definition) is 2. The fraction of sp³-hybridized carbons (Fsp3) is 0.235. The molecule has 0 saturated heterocycles. The molecular weight excluding hydrogens is 346 g/mol. The minimum absolute atomic E-state index is 0.210. The molecule has 0 aliphatic heterocycles. The third-order valence-corrected chi connectivity index (χ3v) is 4.47. The molecule has 1 aromatic carbocycles. The van der Waals surface area contributed by atoms with Crippen molar-refractivity contribution in [1.82, 2.24) is 5.32 Å². The average molecular weight is 362 g/mol. The molecule has 2 amide bonds. The Kier molecular flexibility index (Phi) is 5.60. The molecule has 5 nitrogen and oxygen atoms in total. The van der Waals surface area contributed by atoms with E-state index < -0.39 is 11.8 Å². The minimum Gasteiger partial charge on any atom is -0.347 e. The number of halogens is 1. The highest BCUT2D eigenvalue weighted by molar-refractivity contribution is 7.08. The number of rotatable bonds is 4. The van der Waals surface area contributed by atoms with Crippen LogP contribution in [0.2, 0.25) is 5.02 Å². The molecule has 0 aliphatic carbocycles. The lowest BCUT2D eigenvalue weighted by molar-refractivity contribution is -0.136. The van der Waals surface area contributed by atoms with E-state index in [9.17, 15) is 9.59 Å². The molecule has 0 spiro atoms. The molecule has 0 saturated carbocycles. The maximum absolute atomic E-state index is 12.0. The lowest BCUT2D eigenvalue weighted by atomic mass is 9.86. The van der Waals surface area contributed by atoms with E-state index in [1.807, 2.05) is 36.7 Å². The number of amides is 2. The molecule has 0 radical (unpaired) electrons. The number of nitriles is 1. The number of nitrogens with one attached hydrogen (secondary N) is 2. The number of thiophene rings is 1. The molecular formula is C17H16ClN3O2S. The summed E-state index contributed by atoms with van der Waals surface area (Å²) in [6, 6.07) is 8.38. The van der Waals surface area contributed by atoms with Crippen molar-refractivity contribution in [2.24, 2.45) is 0 Å². The summed E-state index contributed by atoms with van der Waals surface area (Å²) in [5.41, 5.74) is 1.25. The van der Waals surface area contributed by atoms with Crippen LogP contribution >= 0.6 is 22.9 Å². The van der Waals surface area contributed by atoms with E-state index in [0.717, 1.165) is 5.56 Å². The summed E-state index contributed by atoms with van der Waals surface area (Å²) in [5.74, 6) is -1.60. The zero-order chi connectivity index (χ0) is 17.7. The molecule has 1 heterocycles. The van der Waals surface area contributed by atoms with E-state index >= 15 is 0 Å². The van der Waals surface area contributed by atoms with Gasteiger partial charge in [-0.25, -0.2) is 0 Å². The van der Waals surface area contributed by atoms with E-state index in [0.29, 0.717) is 11.6 Å². The van der Waals surface area contributed by atoms with Crippen molar-refractivity contribution in [2.75, 3.05) is 11.9 Å². The van der Waals surface area contributed by atoms with Gasteiger partial charge in [-0.2, -0.15) is 16.6 Å². The predicted molar refractivity (Wildman–Crippen MR) is 95.2 cm³/mol. The van der Waals surface area contributed by atoms with Crippen LogP contribution in [0.1, 0.15) is 25.0 Å². The summed E-state index contributed by atoms with van der Waals surface area (Å²) in [6.07, 6.45) is 0. The molecule has 0 atom stereocenters. The van der Waals surface area contributed by atoms with Gasteiger partial charge in [-0.1, -0.05) is 25.4 Å². The van der Waals surface area contributed by atoms with Gasteiger partial charge in [-0.15, -0.1) is 0 Å². The number of anilines is 1.